The third-order valence-electron chi connectivity index (χ3n) is 3.13. The Labute approximate surface area is 122 Å². The Morgan fingerprint density at radius 3 is 3.00 bits per heavy atom. The molecule has 0 unspecified atom stereocenters. The van der Waals surface area contributed by atoms with Gasteiger partial charge in [0.2, 0.25) is 0 Å². The van der Waals surface area contributed by atoms with Crippen LogP contribution in [0, 0.1) is 5.82 Å². The number of methoxy groups -OCH3 is 1. The van der Waals surface area contributed by atoms with Crippen molar-refractivity contribution in [3.63, 3.8) is 0 Å². The van der Waals surface area contributed by atoms with Crippen LogP contribution in [-0.2, 0) is 6.54 Å². The molecule has 2 N–H and O–H groups in total. The van der Waals surface area contributed by atoms with Crippen molar-refractivity contribution in [2.45, 2.75) is 24.6 Å². The Hall–Kier alpha value is -1.43. The van der Waals surface area contributed by atoms with Gasteiger partial charge in [-0.25, -0.2) is 9.18 Å². The summed E-state index contributed by atoms with van der Waals surface area (Å²) >= 11 is 1.90. The summed E-state index contributed by atoms with van der Waals surface area (Å²) in [5.41, 5.74) is 0.673. The second-order valence-corrected chi connectivity index (χ2v) is 6.11. The zero-order valence-corrected chi connectivity index (χ0v) is 12.3. The fourth-order valence-corrected chi connectivity index (χ4v) is 3.30. The number of amides is 2. The molecule has 1 fully saturated rings. The highest BCUT2D eigenvalue weighted by molar-refractivity contribution is 8.00. The Morgan fingerprint density at radius 2 is 2.30 bits per heavy atom. The molecule has 1 aromatic rings. The number of rotatable bonds is 5. The molecule has 0 aliphatic carbocycles. The van der Waals surface area contributed by atoms with E-state index in [1.54, 1.807) is 6.07 Å². The monoisotopic (exact) mass is 298 g/mol. The lowest BCUT2D eigenvalue weighted by molar-refractivity contribution is 0.240. The lowest BCUT2D eigenvalue weighted by Crippen LogP contribution is -2.38. The molecule has 0 radical (unpaired) electrons. The smallest absolute Gasteiger partial charge is 0.315 e. The van der Waals surface area contributed by atoms with Crippen molar-refractivity contribution >= 4 is 17.8 Å². The van der Waals surface area contributed by atoms with Crippen molar-refractivity contribution in [2.75, 3.05) is 19.4 Å². The van der Waals surface area contributed by atoms with Crippen LogP contribution < -0.4 is 15.4 Å². The second kappa shape index (κ2) is 7.38. The van der Waals surface area contributed by atoms with Crippen LogP contribution in [-0.4, -0.2) is 30.7 Å². The van der Waals surface area contributed by atoms with Gasteiger partial charge in [0.25, 0.3) is 0 Å². The Balaban J connectivity index is 1.76. The first-order chi connectivity index (χ1) is 9.67. The van der Waals surface area contributed by atoms with E-state index in [2.05, 4.69) is 10.6 Å². The number of urea groups is 1. The van der Waals surface area contributed by atoms with Crippen molar-refractivity contribution in [1.82, 2.24) is 10.6 Å². The molecule has 6 heteroatoms. The van der Waals surface area contributed by atoms with Crippen LogP contribution >= 0.6 is 11.8 Å². The van der Waals surface area contributed by atoms with Gasteiger partial charge >= 0.3 is 6.03 Å². The molecule has 1 aliphatic heterocycles. The highest BCUT2D eigenvalue weighted by atomic mass is 32.2. The van der Waals surface area contributed by atoms with Gasteiger partial charge in [-0.3, -0.25) is 0 Å². The number of carbonyl (C=O) groups is 1. The lowest BCUT2D eigenvalue weighted by Gasteiger charge is -2.11. The predicted molar refractivity (Wildman–Crippen MR) is 78.7 cm³/mol. The molecule has 1 saturated heterocycles. The molecule has 20 heavy (non-hydrogen) atoms. The molecule has 0 spiro atoms. The quantitative estimate of drug-likeness (QED) is 0.878. The fraction of sp³-hybridized carbons (Fsp3) is 0.500. The maximum Gasteiger partial charge on any atom is 0.315 e. The molecule has 2 rings (SSSR count). The SMILES string of the molecule is COc1cc(F)cc(CNC(=O)NC[C@H]2CCCS2)c1. The van der Waals surface area contributed by atoms with E-state index in [0.29, 0.717) is 23.1 Å². The second-order valence-electron chi connectivity index (χ2n) is 4.70. The molecule has 1 aromatic carbocycles. The molecular formula is C14H19FN2O2S. The van der Waals surface area contributed by atoms with E-state index >= 15 is 0 Å². The standard InChI is InChI=1S/C14H19FN2O2S/c1-19-12-6-10(5-11(15)7-12)8-16-14(18)17-9-13-3-2-4-20-13/h5-7,13H,2-4,8-9H2,1H3,(H2,16,17,18)/t13-/m1/s1. The van der Waals surface area contributed by atoms with E-state index in [0.717, 1.165) is 6.42 Å². The van der Waals surface area contributed by atoms with Gasteiger partial charge in [0, 0.05) is 24.4 Å². The van der Waals surface area contributed by atoms with Crippen LogP contribution in [0.3, 0.4) is 0 Å². The number of halogens is 1. The number of benzene rings is 1. The number of hydrogen-bond donors (Lipinski definition) is 2. The zero-order chi connectivity index (χ0) is 14.4. The van der Waals surface area contributed by atoms with Crippen molar-refractivity contribution < 1.29 is 13.9 Å². The summed E-state index contributed by atoms with van der Waals surface area (Å²) in [6.45, 7) is 0.959. The highest BCUT2D eigenvalue weighted by Crippen LogP contribution is 2.25. The summed E-state index contributed by atoms with van der Waals surface area (Å²) in [7, 11) is 1.48. The molecule has 4 nitrogen and oxygen atoms in total. The first-order valence-electron chi connectivity index (χ1n) is 6.64. The Bertz CT molecular complexity index is 464. The minimum absolute atomic E-state index is 0.222. The molecule has 0 saturated carbocycles. The van der Waals surface area contributed by atoms with Crippen molar-refractivity contribution in [3.8, 4) is 5.75 Å². The van der Waals surface area contributed by atoms with Gasteiger partial charge in [-0.15, -0.1) is 0 Å². The maximum absolute atomic E-state index is 13.3. The van der Waals surface area contributed by atoms with Crippen molar-refractivity contribution in [2.24, 2.45) is 0 Å². The Kier molecular flexibility index (Phi) is 5.52. The maximum atomic E-state index is 13.3. The summed E-state index contributed by atoms with van der Waals surface area (Å²) < 4.78 is 18.3. The summed E-state index contributed by atoms with van der Waals surface area (Å²) in [5, 5.41) is 6.09. The third-order valence-corrected chi connectivity index (χ3v) is 4.53. The van der Waals surface area contributed by atoms with E-state index in [1.807, 2.05) is 11.8 Å². The van der Waals surface area contributed by atoms with Gasteiger partial charge in [0.1, 0.15) is 11.6 Å². The number of nitrogens with one attached hydrogen (secondary N) is 2. The number of hydrogen-bond acceptors (Lipinski definition) is 3. The summed E-state index contributed by atoms with van der Waals surface area (Å²) in [5.74, 6) is 1.25. The first-order valence-corrected chi connectivity index (χ1v) is 7.69. The van der Waals surface area contributed by atoms with Crippen molar-refractivity contribution in [1.29, 1.82) is 0 Å². The molecule has 2 amide bonds. The van der Waals surface area contributed by atoms with E-state index in [9.17, 15) is 9.18 Å². The van der Waals surface area contributed by atoms with Crippen LogP contribution in [0.25, 0.3) is 0 Å². The van der Waals surface area contributed by atoms with E-state index in [-0.39, 0.29) is 18.4 Å². The summed E-state index contributed by atoms with van der Waals surface area (Å²) in [4.78, 5) is 11.7. The minimum atomic E-state index is -0.371. The number of ether oxygens (including phenoxy) is 1. The largest absolute Gasteiger partial charge is 0.497 e. The molecule has 110 valence electrons. The van der Waals surface area contributed by atoms with E-state index in [4.69, 9.17) is 4.74 Å². The molecule has 1 atom stereocenters. The zero-order valence-electron chi connectivity index (χ0n) is 11.4. The average molecular weight is 298 g/mol. The van der Waals surface area contributed by atoms with Gasteiger partial charge in [-0.2, -0.15) is 11.8 Å². The highest BCUT2D eigenvalue weighted by Gasteiger charge is 2.15. The van der Waals surface area contributed by atoms with Gasteiger partial charge in [0.05, 0.1) is 7.11 Å². The van der Waals surface area contributed by atoms with Crippen LogP contribution in [0.2, 0.25) is 0 Å². The fourth-order valence-electron chi connectivity index (χ4n) is 2.10. The number of carbonyl (C=O) groups excluding carboxylic acids is 1. The number of thioether (sulfide) groups is 1. The lowest BCUT2D eigenvalue weighted by atomic mass is 10.2. The topological polar surface area (TPSA) is 50.4 Å². The molecule has 1 aliphatic rings. The Morgan fingerprint density at radius 1 is 1.45 bits per heavy atom. The van der Waals surface area contributed by atoms with E-state index < -0.39 is 0 Å². The molecular weight excluding hydrogens is 279 g/mol. The molecule has 0 bridgehead atoms. The van der Waals surface area contributed by atoms with Crippen LogP contribution in [0.4, 0.5) is 9.18 Å². The van der Waals surface area contributed by atoms with Crippen molar-refractivity contribution in [3.05, 3.63) is 29.6 Å². The minimum Gasteiger partial charge on any atom is -0.497 e. The molecule has 1 heterocycles. The van der Waals surface area contributed by atoms with Gasteiger partial charge in [-0.1, -0.05) is 0 Å². The van der Waals surface area contributed by atoms with Gasteiger partial charge in [-0.05, 0) is 36.3 Å². The average Bonchev–Trinajstić information content (AvgIpc) is 2.95. The summed E-state index contributed by atoms with van der Waals surface area (Å²) in [6.07, 6.45) is 2.38. The molecule has 0 aromatic heterocycles. The summed E-state index contributed by atoms with van der Waals surface area (Å²) in [6, 6.07) is 4.17. The normalized spacial score (nSPS) is 17.8. The van der Waals surface area contributed by atoms with Crippen LogP contribution in [0.15, 0.2) is 18.2 Å². The van der Waals surface area contributed by atoms with Crippen LogP contribution in [0.5, 0.6) is 5.75 Å². The third kappa shape index (κ3) is 4.59. The predicted octanol–water partition coefficient (Wildman–Crippen LogP) is 2.53. The van der Waals surface area contributed by atoms with E-state index in [1.165, 1.54) is 31.4 Å². The first kappa shape index (κ1) is 15.0. The van der Waals surface area contributed by atoms with Gasteiger partial charge in [0.15, 0.2) is 0 Å². The van der Waals surface area contributed by atoms with Crippen LogP contribution in [0.1, 0.15) is 18.4 Å². The van der Waals surface area contributed by atoms with Gasteiger partial charge < -0.3 is 15.4 Å².